The molecule has 18 heavy (non-hydrogen) atoms. The van der Waals surface area contributed by atoms with Gasteiger partial charge in [0.05, 0.1) is 6.10 Å². The molecule has 1 saturated heterocycles. The van der Waals surface area contributed by atoms with Crippen LogP contribution in [-0.4, -0.2) is 24.0 Å². The van der Waals surface area contributed by atoms with E-state index in [2.05, 4.69) is 45.0 Å². The van der Waals surface area contributed by atoms with Crippen LogP contribution in [0.4, 0.5) is 0 Å². The van der Waals surface area contributed by atoms with Gasteiger partial charge in [0.2, 0.25) is 0 Å². The van der Waals surface area contributed by atoms with Crippen molar-refractivity contribution in [3.8, 4) is 0 Å². The van der Waals surface area contributed by atoms with Crippen molar-refractivity contribution in [1.29, 1.82) is 0 Å². The van der Waals surface area contributed by atoms with E-state index >= 15 is 0 Å². The first-order chi connectivity index (χ1) is 8.59. The summed E-state index contributed by atoms with van der Waals surface area (Å²) in [7, 11) is 0. The van der Waals surface area contributed by atoms with Crippen LogP contribution < -0.4 is 5.73 Å². The molecule has 1 heterocycles. The van der Waals surface area contributed by atoms with Gasteiger partial charge in [-0.1, -0.05) is 24.3 Å². The van der Waals surface area contributed by atoms with Gasteiger partial charge < -0.3 is 10.5 Å². The van der Waals surface area contributed by atoms with Gasteiger partial charge in [0, 0.05) is 23.1 Å². The number of nitrogens with two attached hydrogens (primary N) is 1. The Labute approximate surface area is 114 Å². The van der Waals surface area contributed by atoms with Crippen molar-refractivity contribution in [3.63, 3.8) is 0 Å². The normalized spacial score (nSPS) is 27.1. The van der Waals surface area contributed by atoms with E-state index in [0.717, 1.165) is 13.0 Å². The van der Waals surface area contributed by atoms with Gasteiger partial charge in [-0.3, -0.25) is 0 Å². The van der Waals surface area contributed by atoms with Gasteiger partial charge in [-0.15, -0.1) is 11.8 Å². The number of hydrogen-bond donors (Lipinski definition) is 1. The Bertz CT molecular complexity index is 394. The van der Waals surface area contributed by atoms with Gasteiger partial charge in [0.1, 0.15) is 0 Å². The molecule has 0 radical (unpaired) electrons. The molecule has 100 valence electrons. The standard InChI is InChI=1S/C15H23NOS/c1-10-6-4-5-7-13(10)15(11(2)16)18-14-8-9-17-12(14)3/h4-7,11-12,14-15H,8-9,16H2,1-3H3. The molecule has 0 bridgehead atoms. The first kappa shape index (κ1) is 13.9. The van der Waals surface area contributed by atoms with Crippen LogP contribution in [0.2, 0.25) is 0 Å². The Hall–Kier alpha value is -0.510. The van der Waals surface area contributed by atoms with Gasteiger partial charge in [-0.05, 0) is 38.3 Å². The summed E-state index contributed by atoms with van der Waals surface area (Å²) in [4.78, 5) is 0. The highest BCUT2D eigenvalue weighted by Crippen LogP contribution is 2.40. The fraction of sp³-hybridized carbons (Fsp3) is 0.600. The number of hydrogen-bond acceptors (Lipinski definition) is 3. The summed E-state index contributed by atoms with van der Waals surface area (Å²) in [6.07, 6.45) is 1.49. The molecule has 3 heteroatoms. The molecule has 0 spiro atoms. The molecule has 1 aromatic rings. The van der Waals surface area contributed by atoms with Crippen LogP contribution in [0.5, 0.6) is 0 Å². The maximum absolute atomic E-state index is 6.20. The lowest BCUT2D eigenvalue weighted by atomic mass is 10.0. The Balaban J connectivity index is 2.16. The third kappa shape index (κ3) is 3.08. The molecule has 0 aromatic heterocycles. The highest BCUT2D eigenvalue weighted by atomic mass is 32.2. The Morgan fingerprint density at radius 3 is 2.67 bits per heavy atom. The van der Waals surface area contributed by atoms with Crippen LogP contribution in [0, 0.1) is 6.92 Å². The monoisotopic (exact) mass is 265 g/mol. The van der Waals surface area contributed by atoms with E-state index in [9.17, 15) is 0 Å². The molecular formula is C15H23NOS. The second-order valence-corrected chi connectivity index (χ2v) is 6.56. The van der Waals surface area contributed by atoms with E-state index in [-0.39, 0.29) is 6.04 Å². The SMILES string of the molecule is Cc1ccccc1C(SC1CCOC1C)C(C)N. The summed E-state index contributed by atoms with van der Waals surface area (Å²) in [6, 6.07) is 8.72. The van der Waals surface area contributed by atoms with E-state index < -0.39 is 0 Å². The Kier molecular flexibility index (Phi) is 4.71. The average molecular weight is 265 g/mol. The molecule has 4 atom stereocenters. The molecule has 1 aliphatic rings. The molecule has 2 rings (SSSR count). The lowest BCUT2D eigenvalue weighted by Crippen LogP contribution is -2.26. The predicted octanol–water partition coefficient (Wildman–Crippen LogP) is 3.29. The summed E-state index contributed by atoms with van der Waals surface area (Å²) in [5, 5.41) is 0.931. The summed E-state index contributed by atoms with van der Waals surface area (Å²) >= 11 is 1.99. The molecular weight excluding hydrogens is 242 g/mol. The topological polar surface area (TPSA) is 35.2 Å². The minimum atomic E-state index is 0.156. The predicted molar refractivity (Wildman–Crippen MR) is 79.0 cm³/mol. The van der Waals surface area contributed by atoms with Gasteiger partial charge >= 0.3 is 0 Å². The molecule has 4 unspecified atom stereocenters. The second kappa shape index (κ2) is 6.09. The quantitative estimate of drug-likeness (QED) is 0.907. The minimum absolute atomic E-state index is 0.156. The Morgan fingerprint density at radius 1 is 1.39 bits per heavy atom. The molecule has 0 aliphatic carbocycles. The zero-order chi connectivity index (χ0) is 13.1. The minimum Gasteiger partial charge on any atom is -0.377 e. The maximum atomic E-state index is 6.20. The van der Waals surface area contributed by atoms with Crippen LogP contribution in [-0.2, 0) is 4.74 Å². The fourth-order valence-corrected chi connectivity index (χ4v) is 4.03. The van der Waals surface area contributed by atoms with Gasteiger partial charge in [-0.2, -0.15) is 0 Å². The zero-order valence-electron chi connectivity index (χ0n) is 11.4. The van der Waals surface area contributed by atoms with E-state index in [0.29, 0.717) is 16.6 Å². The number of thioether (sulfide) groups is 1. The molecule has 1 fully saturated rings. The van der Waals surface area contributed by atoms with Crippen LogP contribution in [0.1, 0.15) is 36.6 Å². The van der Waals surface area contributed by atoms with Crippen molar-refractivity contribution in [2.75, 3.05) is 6.61 Å². The second-order valence-electron chi connectivity index (χ2n) is 5.18. The molecule has 0 amide bonds. The van der Waals surface area contributed by atoms with Crippen molar-refractivity contribution < 1.29 is 4.74 Å². The van der Waals surface area contributed by atoms with Crippen molar-refractivity contribution in [1.82, 2.24) is 0 Å². The first-order valence-corrected chi connectivity index (χ1v) is 7.62. The van der Waals surface area contributed by atoms with Crippen LogP contribution in [0.3, 0.4) is 0 Å². The van der Waals surface area contributed by atoms with E-state index in [1.165, 1.54) is 11.1 Å². The molecule has 2 N–H and O–H groups in total. The smallest absolute Gasteiger partial charge is 0.0666 e. The number of aryl methyl sites for hydroxylation is 1. The lowest BCUT2D eigenvalue weighted by Gasteiger charge is -2.26. The summed E-state index contributed by atoms with van der Waals surface area (Å²) in [5.41, 5.74) is 8.90. The van der Waals surface area contributed by atoms with Crippen molar-refractivity contribution >= 4 is 11.8 Å². The van der Waals surface area contributed by atoms with E-state index in [4.69, 9.17) is 10.5 Å². The number of ether oxygens (including phenoxy) is 1. The van der Waals surface area contributed by atoms with Crippen molar-refractivity contribution in [2.45, 2.75) is 49.8 Å². The molecule has 0 saturated carbocycles. The lowest BCUT2D eigenvalue weighted by molar-refractivity contribution is 0.127. The summed E-state index contributed by atoms with van der Waals surface area (Å²) in [6.45, 7) is 7.32. The van der Waals surface area contributed by atoms with Gasteiger partial charge in [0.25, 0.3) is 0 Å². The van der Waals surface area contributed by atoms with Crippen LogP contribution >= 0.6 is 11.8 Å². The van der Waals surface area contributed by atoms with Crippen molar-refractivity contribution in [3.05, 3.63) is 35.4 Å². The van der Waals surface area contributed by atoms with Gasteiger partial charge in [-0.25, -0.2) is 0 Å². The zero-order valence-corrected chi connectivity index (χ0v) is 12.2. The number of rotatable bonds is 4. The van der Waals surface area contributed by atoms with E-state index in [1.54, 1.807) is 0 Å². The molecule has 1 aliphatic heterocycles. The molecule has 2 nitrogen and oxygen atoms in total. The van der Waals surface area contributed by atoms with Gasteiger partial charge in [0.15, 0.2) is 0 Å². The highest BCUT2D eigenvalue weighted by Gasteiger charge is 2.30. The summed E-state index contributed by atoms with van der Waals surface area (Å²) < 4.78 is 5.65. The Morgan fingerprint density at radius 2 is 2.11 bits per heavy atom. The van der Waals surface area contributed by atoms with Crippen LogP contribution in [0.25, 0.3) is 0 Å². The third-order valence-corrected chi connectivity index (χ3v) is 5.55. The van der Waals surface area contributed by atoms with Crippen molar-refractivity contribution in [2.24, 2.45) is 5.73 Å². The first-order valence-electron chi connectivity index (χ1n) is 6.67. The van der Waals surface area contributed by atoms with E-state index in [1.807, 2.05) is 11.8 Å². The largest absolute Gasteiger partial charge is 0.377 e. The fourth-order valence-electron chi connectivity index (χ4n) is 2.47. The average Bonchev–Trinajstić information content (AvgIpc) is 2.73. The number of benzene rings is 1. The maximum Gasteiger partial charge on any atom is 0.0666 e. The highest BCUT2D eigenvalue weighted by molar-refractivity contribution is 8.00. The van der Waals surface area contributed by atoms with Crippen LogP contribution in [0.15, 0.2) is 24.3 Å². The third-order valence-electron chi connectivity index (χ3n) is 3.60. The summed E-state index contributed by atoms with van der Waals surface area (Å²) in [5.74, 6) is 0. The molecule has 1 aromatic carbocycles.